The van der Waals surface area contributed by atoms with E-state index in [-0.39, 0.29) is 22.8 Å². The van der Waals surface area contributed by atoms with Gasteiger partial charge < -0.3 is 5.32 Å². The van der Waals surface area contributed by atoms with E-state index >= 15 is 0 Å². The van der Waals surface area contributed by atoms with E-state index in [1.807, 2.05) is 17.5 Å². The van der Waals surface area contributed by atoms with Gasteiger partial charge in [-0.05, 0) is 42.3 Å². The third-order valence-electron chi connectivity index (χ3n) is 4.91. The average Bonchev–Trinajstić information content (AvgIpc) is 3.21. The summed E-state index contributed by atoms with van der Waals surface area (Å²) in [5.74, 6) is 0.144. The van der Waals surface area contributed by atoms with Crippen LogP contribution in [0.2, 0.25) is 0 Å². The van der Waals surface area contributed by atoms with E-state index in [1.165, 1.54) is 10.5 Å². The number of nitrogens with zero attached hydrogens (tertiary/aromatic N) is 2. The van der Waals surface area contributed by atoms with Crippen molar-refractivity contribution >= 4 is 27.3 Å². The minimum atomic E-state index is -3.54. The number of carbonyl (C=O) groups is 1. The van der Waals surface area contributed by atoms with Gasteiger partial charge in [0.25, 0.3) is 0 Å². The molecule has 146 valence electrons. The first-order valence-corrected chi connectivity index (χ1v) is 11.5. The van der Waals surface area contributed by atoms with Crippen LogP contribution in [0.1, 0.15) is 37.6 Å². The maximum absolute atomic E-state index is 12.8. The Morgan fingerprint density at radius 3 is 2.56 bits per heavy atom. The van der Waals surface area contributed by atoms with Gasteiger partial charge in [0.15, 0.2) is 0 Å². The van der Waals surface area contributed by atoms with E-state index in [4.69, 9.17) is 0 Å². The van der Waals surface area contributed by atoms with Crippen LogP contribution in [0.25, 0.3) is 0 Å². The molecule has 1 aliphatic heterocycles. The van der Waals surface area contributed by atoms with Gasteiger partial charge in [-0.1, -0.05) is 19.9 Å². The topological polar surface area (TPSA) is 79.4 Å². The molecule has 1 aliphatic rings. The Balaban J connectivity index is 1.61. The first-order chi connectivity index (χ1) is 12.9. The molecule has 0 aromatic carbocycles. The van der Waals surface area contributed by atoms with Crippen LogP contribution in [-0.4, -0.2) is 36.7 Å². The molecule has 27 heavy (non-hydrogen) atoms. The average molecular weight is 408 g/mol. The van der Waals surface area contributed by atoms with Gasteiger partial charge >= 0.3 is 0 Å². The number of pyridine rings is 1. The molecule has 2 aromatic heterocycles. The molecule has 1 amide bonds. The van der Waals surface area contributed by atoms with Crippen LogP contribution in [0.3, 0.4) is 0 Å². The summed E-state index contributed by atoms with van der Waals surface area (Å²) in [5.41, 5.74) is 0. The normalized spacial score (nSPS) is 17.7. The molecule has 0 bridgehead atoms. The second-order valence-corrected chi connectivity index (χ2v) is 10.0. The van der Waals surface area contributed by atoms with Crippen molar-refractivity contribution in [2.45, 2.75) is 37.6 Å². The molecule has 1 unspecified atom stereocenters. The lowest BCUT2D eigenvalue weighted by atomic mass is 9.95. The number of hydrogen-bond donors (Lipinski definition) is 1. The SMILES string of the molecule is CC(C)C(NC(=O)C1CCN(S(=O)(=O)c2cccnc2)CC1)c1cccs1. The molecule has 8 heteroatoms. The number of carbonyl (C=O) groups excluding carboxylic acids is 1. The van der Waals surface area contributed by atoms with Crippen molar-refractivity contribution in [2.75, 3.05) is 13.1 Å². The molecule has 1 atom stereocenters. The van der Waals surface area contributed by atoms with Gasteiger partial charge in [0.05, 0.1) is 6.04 Å². The summed E-state index contributed by atoms with van der Waals surface area (Å²) in [6.07, 6.45) is 3.97. The maximum atomic E-state index is 12.8. The molecule has 2 aromatic rings. The fraction of sp³-hybridized carbons (Fsp3) is 0.474. The van der Waals surface area contributed by atoms with Gasteiger partial charge in [-0.2, -0.15) is 4.31 Å². The van der Waals surface area contributed by atoms with Gasteiger partial charge in [-0.15, -0.1) is 11.3 Å². The molecule has 6 nitrogen and oxygen atoms in total. The molecule has 0 radical (unpaired) electrons. The zero-order chi connectivity index (χ0) is 19.4. The lowest BCUT2D eigenvalue weighted by Crippen LogP contribution is -2.44. The number of sulfonamides is 1. The molecule has 0 aliphatic carbocycles. The van der Waals surface area contributed by atoms with E-state index in [0.29, 0.717) is 31.8 Å². The third-order valence-corrected chi connectivity index (χ3v) is 7.75. The molecule has 3 heterocycles. The molecule has 0 spiro atoms. The Bertz CT molecular complexity index is 844. The fourth-order valence-corrected chi connectivity index (χ4v) is 5.70. The van der Waals surface area contributed by atoms with Crippen LogP contribution in [0, 0.1) is 11.8 Å². The number of aromatic nitrogens is 1. The molecule has 1 fully saturated rings. The number of piperidine rings is 1. The Kier molecular flexibility index (Phi) is 6.29. The van der Waals surface area contributed by atoms with Gasteiger partial charge in [0, 0.05) is 36.3 Å². The lowest BCUT2D eigenvalue weighted by Gasteiger charge is -2.32. The highest BCUT2D eigenvalue weighted by Gasteiger charge is 2.33. The monoisotopic (exact) mass is 407 g/mol. The second kappa shape index (κ2) is 8.50. The predicted octanol–water partition coefficient (Wildman–Crippen LogP) is 3.06. The first kappa shape index (κ1) is 20.0. The van der Waals surface area contributed by atoms with Crippen LogP contribution in [0.15, 0.2) is 46.9 Å². The maximum Gasteiger partial charge on any atom is 0.244 e. The number of rotatable bonds is 6. The minimum absolute atomic E-state index is 0.00495. The summed E-state index contributed by atoms with van der Waals surface area (Å²) in [6.45, 7) is 4.88. The van der Waals surface area contributed by atoms with Crippen molar-refractivity contribution in [1.29, 1.82) is 0 Å². The fourth-order valence-electron chi connectivity index (χ4n) is 3.31. The van der Waals surface area contributed by atoms with E-state index in [2.05, 4.69) is 24.1 Å². The highest BCUT2D eigenvalue weighted by Crippen LogP contribution is 2.28. The molecule has 0 saturated carbocycles. The van der Waals surface area contributed by atoms with Crippen LogP contribution < -0.4 is 5.32 Å². The molecule has 3 rings (SSSR count). The van der Waals surface area contributed by atoms with Crippen molar-refractivity contribution in [1.82, 2.24) is 14.6 Å². The van der Waals surface area contributed by atoms with Crippen molar-refractivity contribution in [3.05, 3.63) is 46.9 Å². The highest BCUT2D eigenvalue weighted by molar-refractivity contribution is 7.89. The van der Waals surface area contributed by atoms with E-state index in [9.17, 15) is 13.2 Å². The Labute approximate surface area is 164 Å². The van der Waals surface area contributed by atoms with E-state index in [0.717, 1.165) is 4.88 Å². The van der Waals surface area contributed by atoms with Crippen LogP contribution in [0.4, 0.5) is 0 Å². The largest absolute Gasteiger partial charge is 0.348 e. The van der Waals surface area contributed by atoms with Gasteiger partial charge in [-0.3, -0.25) is 9.78 Å². The van der Waals surface area contributed by atoms with Crippen molar-refractivity contribution in [3.8, 4) is 0 Å². The Hall–Kier alpha value is -1.77. The van der Waals surface area contributed by atoms with Crippen molar-refractivity contribution in [2.24, 2.45) is 11.8 Å². The molecular formula is C19H25N3O3S2. The molecule has 1 saturated heterocycles. The molecule has 1 N–H and O–H groups in total. The van der Waals surface area contributed by atoms with E-state index in [1.54, 1.807) is 29.7 Å². The quantitative estimate of drug-likeness (QED) is 0.798. The van der Waals surface area contributed by atoms with Crippen LogP contribution in [-0.2, 0) is 14.8 Å². The highest BCUT2D eigenvalue weighted by atomic mass is 32.2. The predicted molar refractivity (Wildman–Crippen MR) is 106 cm³/mol. The van der Waals surface area contributed by atoms with E-state index < -0.39 is 10.0 Å². The lowest BCUT2D eigenvalue weighted by molar-refractivity contribution is -0.127. The van der Waals surface area contributed by atoms with Crippen LogP contribution in [0.5, 0.6) is 0 Å². The van der Waals surface area contributed by atoms with Gasteiger partial charge in [0.2, 0.25) is 15.9 Å². The van der Waals surface area contributed by atoms with Crippen molar-refractivity contribution < 1.29 is 13.2 Å². The van der Waals surface area contributed by atoms with Crippen molar-refractivity contribution in [3.63, 3.8) is 0 Å². The summed E-state index contributed by atoms with van der Waals surface area (Å²) >= 11 is 1.64. The first-order valence-electron chi connectivity index (χ1n) is 9.13. The summed E-state index contributed by atoms with van der Waals surface area (Å²) in [4.78, 5) is 18.0. The summed E-state index contributed by atoms with van der Waals surface area (Å²) in [6, 6.07) is 7.19. The zero-order valence-electron chi connectivity index (χ0n) is 15.5. The Morgan fingerprint density at radius 2 is 2.00 bits per heavy atom. The summed E-state index contributed by atoms with van der Waals surface area (Å²) in [5, 5.41) is 5.18. The second-order valence-electron chi connectivity index (χ2n) is 7.11. The molecular weight excluding hydrogens is 382 g/mol. The standard InChI is InChI=1S/C19H25N3O3S2/c1-14(2)18(17-6-4-12-26-17)21-19(23)15-7-10-22(11-8-15)27(24,25)16-5-3-9-20-13-16/h3-6,9,12-15,18H,7-8,10-11H2,1-2H3,(H,21,23). The number of amides is 1. The smallest absolute Gasteiger partial charge is 0.244 e. The Morgan fingerprint density at radius 1 is 1.26 bits per heavy atom. The van der Waals surface area contributed by atoms with Gasteiger partial charge in [-0.25, -0.2) is 8.42 Å². The number of thiophene rings is 1. The summed E-state index contributed by atoms with van der Waals surface area (Å²) in [7, 11) is -3.54. The number of nitrogens with one attached hydrogen (secondary N) is 1. The minimum Gasteiger partial charge on any atom is -0.348 e. The van der Waals surface area contributed by atoms with Crippen LogP contribution >= 0.6 is 11.3 Å². The summed E-state index contributed by atoms with van der Waals surface area (Å²) < 4.78 is 26.8. The zero-order valence-corrected chi connectivity index (χ0v) is 17.2. The third kappa shape index (κ3) is 4.56. The number of hydrogen-bond acceptors (Lipinski definition) is 5. The van der Waals surface area contributed by atoms with Gasteiger partial charge in [0.1, 0.15) is 4.90 Å².